The Morgan fingerprint density at radius 1 is 1.13 bits per heavy atom. The first-order valence-corrected chi connectivity index (χ1v) is 4.98. The molecule has 0 bridgehead atoms. The van der Waals surface area contributed by atoms with Gasteiger partial charge in [-0.2, -0.15) is 0 Å². The van der Waals surface area contributed by atoms with Crippen LogP contribution in [0.25, 0.3) is 0 Å². The number of rotatable bonds is 0. The van der Waals surface area contributed by atoms with Crippen LogP contribution < -0.4 is 5.32 Å². The highest BCUT2D eigenvalue weighted by molar-refractivity contribution is 4.79. The van der Waals surface area contributed by atoms with Crippen molar-refractivity contribution >= 4 is 0 Å². The monoisotopic (exact) mass is 229 g/mol. The Labute approximate surface area is 86.0 Å². The molecule has 1 heterocycles. The molecule has 1 aliphatic heterocycles. The van der Waals surface area contributed by atoms with Crippen LogP contribution >= 0.6 is 0 Å². The third kappa shape index (κ3) is 3.61. The topological polar surface area (TPSA) is 21.3 Å². The number of morpholine rings is 1. The Hall–Kier alpha value is -0.360. The SMILES string of the molecule is C1CCC1.CC1(F)OC(F)C(F)NC1F. The molecule has 90 valence electrons. The molecule has 6 heteroatoms. The van der Waals surface area contributed by atoms with Gasteiger partial charge in [-0.3, -0.25) is 0 Å². The van der Waals surface area contributed by atoms with Crippen molar-refractivity contribution < 1.29 is 22.3 Å². The number of hydrogen-bond donors (Lipinski definition) is 1. The van der Waals surface area contributed by atoms with Crippen LogP contribution in [0.15, 0.2) is 0 Å². The predicted octanol–water partition coefficient (Wildman–Crippen LogP) is 2.74. The van der Waals surface area contributed by atoms with Crippen molar-refractivity contribution in [3.63, 3.8) is 0 Å². The van der Waals surface area contributed by atoms with Gasteiger partial charge in [0.2, 0.25) is 18.9 Å². The molecular weight excluding hydrogens is 214 g/mol. The van der Waals surface area contributed by atoms with Gasteiger partial charge in [-0.15, -0.1) is 0 Å². The molecule has 2 aliphatic rings. The van der Waals surface area contributed by atoms with Crippen molar-refractivity contribution in [1.29, 1.82) is 0 Å². The van der Waals surface area contributed by atoms with Crippen molar-refractivity contribution in [3.05, 3.63) is 0 Å². The number of hydrogen-bond acceptors (Lipinski definition) is 2. The largest absolute Gasteiger partial charge is 0.304 e. The molecule has 0 aromatic carbocycles. The zero-order valence-corrected chi connectivity index (χ0v) is 8.48. The van der Waals surface area contributed by atoms with E-state index < -0.39 is 24.8 Å². The van der Waals surface area contributed by atoms with E-state index in [1.165, 1.54) is 31.0 Å². The minimum atomic E-state index is -2.80. The van der Waals surface area contributed by atoms with Crippen LogP contribution in [0.2, 0.25) is 0 Å². The quantitative estimate of drug-likeness (QED) is 0.509. The molecule has 4 unspecified atom stereocenters. The summed E-state index contributed by atoms with van der Waals surface area (Å²) in [7, 11) is 0. The molecule has 4 atom stereocenters. The lowest BCUT2D eigenvalue weighted by Gasteiger charge is -2.34. The van der Waals surface area contributed by atoms with E-state index in [2.05, 4.69) is 4.74 Å². The van der Waals surface area contributed by atoms with Gasteiger partial charge < -0.3 is 4.74 Å². The highest BCUT2D eigenvalue weighted by atomic mass is 19.2. The second kappa shape index (κ2) is 5.12. The van der Waals surface area contributed by atoms with Gasteiger partial charge >= 0.3 is 0 Å². The van der Waals surface area contributed by atoms with Gasteiger partial charge in [0.25, 0.3) is 5.85 Å². The molecule has 2 fully saturated rings. The summed E-state index contributed by atoms with van der Waals surface area (Å²) in [5.74, 6) is -2.80. The molecular formula is C9H15F4NO. The molecule has 0 spiro atoms. The standard InChI is InChI=1S/C5H7F4NO.C4H8/c1-5(9)4(8)10-2(6)3(7)11-5;1-2-4-3-1/h2-4,10H,1H3;1-4H2. The van der Waals surface area contributed by atoms with Crippen molar-refractivity contribution in [2.24, 2.45) is 0 Å². The number of alkyl halides is 4. The van der Waals surface area contributed by atoms with Crippen molar-refractivity contribution in [1.82, 2.24) is 5.32 Å². The Kier molecular flexibility index (Phi) is 4.33. The Bertz CT molecular complexity index is 195. The lowest BCUT2D eigenvalue weighted by atomic mass is 10.0. The van der Waals surface area contributed by atoms with Crippen molar-refractivity contribution in [3.8, 4) is 0 Å². The number of ether oxygens (including phenoxy) is 1. The fourth-order valence-electron chi connectivity index (χ4n) is 0.954. The minimum Gasteiger partial charge on any atom is -0.304 e. The third-order valence-electron chi connectivity index (χ3n) is 2.33. The van der Waals surface area contributed by atoms with Crippen molar-refractivity contribution in [2.75, 3.05) is 0 Å². The van der Waals surface area contributed by atoms with Crippen LogP contribution in [0.4, 0.5) is 17.6 Å². The number of nitrogens with one attached hydrogen (secondary N) is 1. The maximum atomic E-state index is 12.6. The Morgan fingerprint density at radius 2 is 1.60 bits per heavy atom. The van der Waals surface area contributed by atoms with Gasteiger partial charge in [0.1, 0.15) is 0 Å². The average Bonchev–Trinajstić information content (AvgIpc) is 1.97. The molecule has 2 rings (SSSR count). The first-order chi connectivity index (χ1) is 6.93. The van der Waals surface area contributed by atoms with Gasteiger partial charge in [0.05, 0.1) is 0 Å². The molecule has 0 aromatic heterocycles. The molecule has 1 saturated heterocycles. The van der Waals surface area contributed by atoms with E-state index in [0.717, 1.165) is 0 Å². The van der Waals surface area contributed by atoms with Crippen LogP contribution in [0.1, 0.15) is 32.6 Å². The average molecular weight is 229 g/mol. The van der Waals surface area contributed by atoms with E-state index in [1.807, 2.05) is 0 Å². The zero-order valence-electron chi connectivity index (χ0n) is 8.48. The van der Waals surface area contributed by atoms with Gasteiger partial charge in [-0.1, -0.05) is 25.7 Å². The van der Waals surface area contributed by atoms with Crippen molar-refractivity contribution in [2.45, 2.75) is 57.4 Å². The molecule has 0 radical (unpaired) electrons. The molecule has 0 amide bonds. The highest BCUT2D eigenvalue weighted by Crippen LogP contribution is 2.27. The van der Waals surface area contributed by atoms with Gasteiger partial charge in [0.15, 0.2) is 0 Å². The van der Waals surface area contributed by atoms with E-state index in [4.69, 9.17) is 0 Å². The maximum Gasteiger partial charge on any atom is 0.254 e. The molecule has 2 nitrogen and oxygen atoms in total. The second-order valence-electron chi connectivity index (χ2n) is 3.80. The molecule has 1 N–H and O–H groups in total. The maximum absolute atomic E-state index is 12.6. The summed E-state index contributed by atoms with van der Waals surface area (Å²) in [5, 5.41) is 1.41. The normalized spacial score (nSPS) is 45.0. The summed E-state index contributed by atoms with van der Waals surface area (Å²) in [6, 6.07) is 0. The highest BCUT2D eigenvalue weighted by Gasteiger charge is 2.47. The van der Waals surface area contributed by atoms with E-state index in [1.54, 1.807) is 0 Å². The molecule has 1 saturated carbocycles. The predicted molar refractivity (Wildman–Crippen MR) is 46.9 cm³/mol. The summed E-state index contributed by atoms with van der Waals surface area (Å²) in [5.41, 5.74) is 0. The first-order valence-electron chi connectivity index (χ1n) is 4.98. The Morgan fingerprint density at radius 3 is 1.93 bits per heavy atom. The van der Waals surface area contributed by atoms with E-state index in [9.17, 15) is 17.6 Å². The fourth-order valence-corrected chi connectivity index (χ4v) is 0.954. The zero-order chi connectivity index (χ0) is 11.5. The first kappa shape index (κ1) is 12.7. The lowest BCUT2D eigenvalue weighted by Crippen LogP contribution is -2.58. The summed E-state index contributed by atoms with van der Waals surface area (Å²) in [6.07, 6.45) is -1.12. The van der Waals surface area contributed by atoms with E-state index >= 15 is 0 Å². The van der Waals surface area contributed by atoms with Gasteiger partial charge in [-0.05, 0) is 6.92 Å². The smallest absolute Gasteiger partial charge is 0.254 e. The van der Waals surface area contributed by atoms with Crippen LogP contribution in [0.3, 0.4) is 0 Å². The summed E-state index contributed by atoms with van der Waals surface area (Å²) in [4.78, 5) is 0. The van der Waals surface area contributed by atoms with Crippen LogP contribution in [-0.2, 0) is 4.74 Å². The fraction of sp³-hybridized carbons (Fsp3) is 1.00. The van der Waals surface area contributed by atoms with Crippen LogP contribution in [0.5, 0.6) is 0 Å². The van der Waals surface area contributed by atoms with Gasteiger partial charge in [-0.25, -0.2) is 22.9 Å². The Balaban J connectivity index is 0.000000234. The van der Waals surface area contributed by atoms with Crippen LogP contribution in [0, 0.1) is 0 Å². The summed E-state index contributed by atoms with van der Waals surface area (Å²) >= 11 is 0. The number of halogens is 4. The third-order valence-corrected chi connectivity index (χ3v) is 2.33. The second-order valence-corrected chi connectivity index (χ2v) is 3.80. The van der Waals surface area contributed by atoms with E-state index in [-0.39, 0.29) is 0 Å². The minimum absolute atomic E-state index is 0.684. The summed E-state index contributed by atoms with van der Waals surface area (Å²) < 4.78 is 53.1. The van der Waals surface area contributed by atoms with E-state index in [0.29, 0.717) is 6.92 Å². The van der Waals surface area contributed by atoms with Gasteiger partial charge in [0, 0.05) is 0 Å². The van der Waals surface area contributed by atoms with Crippen LogP contribution in [-0.4, -0.2) is 24.8 Å². The lowest BCUT2D eigenvalue weighted by molar-refractivity contribution is -0.293. The molecule has 0 aromatic rings. The summed E-state index contributed by atoms with van der Waals surface area (Å²) in [6.45, 7) is 0.684. The molecule has 15 heavy (non-hydrogen) atoms. The molecule has 1 aliphatic carbocycles.